The number of hydrogen-bond acceptors (Lipinski definition) is 3. The Hall–Kier alpha value is -1.72. The van der Waals surface area contributed by atoms with Gasteiger partial charge in [0.25, 0.3) is 0 Å². The molecule has 6 nitrogen and oxygen atoms in total. The van der Waals surface area contributed by atoms with Gasteiger partial charge in [0, 0.05) is 26.7 Å². The van der Waals surface area contributed by atoms with E-state index in [1.54, 1.807) is 12.1 Å². The fourth-order valence-corrected chi connectivity index (χ4v) is 3.40. The van der Waals surface area contributed by atoms with E-state index in [9.17, 15) is 12.8 Å². The van der Waals surface area contributed by atoms with Crippen molar-refractivity contribution in [2.45, 2.75) is 20.0 Å². The summed E-state index contributed by atoms with van der Waals surface area (Å²) in [7, 11) is -1.57. The van der Waals surface area contributed by atoms with Gasteiger partial charge in [-0.1, -0.05) is 42.5 Å². The van der Waals surface area contributed by atoms with Gasteiger partial charge >= 0.3 is 0 Å². The average molecular weight is 534 g/mol. The average Bonchev–Trinajstić information content (AvgIpc) is 2.68. The summed E-state index contributed by atoms with van der Waals surface area (Å²) in [4.78, 5) is 6.28. The third-order valence-electron chi connectivity index (χ3n) is 3.99. The molecule has 0 aliphatic rings. The lowest BCUT2D eigenvalue weighted by Crippen LogP contribution is -2.39. The summed E-state index contributed by atoms with van der Waals surface area (Å²) in [6, 6.07) is 15.6. The van der Waals surface area contributed by atoms with E-state index in [1.807, 2.05) is 49.2 Å². The molecule has 2 rings (SSSR count). The number of aliphatic imine (C=N–C) groups is 1. The van der Waals surface area contributed by atoms with Crippen LogP contribution in [0.25, 0.3) is 0 Å². The number of hydrogen-bond donors (Lipinski definition) is 2. The number of nitrogens with zero attached hydrogens (tertiary/aromatic N) is 2. The monoisotopic (exact) mass is 534 g/mol. The van der Waals surface area contributed by atoms with Crippen LogP contribution in [0.4, 0.5) is 4.39 Å². The summed E-state index contributed by atoms with van der Waals surface area (Å²) in [5.41, 5.74) is 1.84. The largest absolute Gasteiger partial charge is 0.357 e. The van der Waals surface area contributed by atoms with Crippen molar-refractivity contribution in [2.75, 3.05) is 25.9 Å². The molecule has 0 heterocycles. The maximum Gasteiger partial charge on any atom is 0.213 e. The van der Waals surface area contributed by atoms with Gasteiger partial charge in [0.05, 0.1) is 12.3 Å². The normalized spacial score (nSPS) is 11.6. The van der Waals surface area contributed by atoms with Crippen molar-refractivity contribution >= 4 is 40.0 Å². The minimum Gasteiger partial charge on any atom is -0.357 e. The third-order valence-corrected chi connectivity index (χ3v) is 5.29. The van der Waals surface area contributed by atoms with Crippen molar-refractivity contribution in [1.82, 2.24) is 14.9 Å². The number of nitrogens with one attached hydrogen (secondary N) is 2. The zero-order valence-electron chi connectivity index (χ0n) is 16.6. The molecule has 0 atom stereocenters. The molecule has 0 aliphatic heterocycles. The number of rotatable bonds is 9. The zero-order valence-corrected chi connectivity index (χ0v) is 19.8. The molecule has 0 unspecified atom stereocenters. The van der Waals surface area contributed by atoms with E-state index in [0.29, 0.717) is 19.0 Å². The standard InChI is InChI=1S/C20H27FN4O2S.HI/c1-3-22-20(25(2)16-18-9-11-19(21)12-10-18)23-13-14-28(26,27)24-15-17-7-5-4-6-8-17;/h4-12,24H,3,13-16H2,1-2H3,(H,22,23);1H. The first-order valence-electron chi connectivity index (χ1n) is 9.15. The molecule has 29 heavy (non-hydrogen) atoms. The second kappa shape index (κ2) is 12.8. The van der Waals surface area contributed by atoms with Gasteiger partial charge in [-0.2, -0.15) is 0 Å². The van der Waals surface area contributed by atoms with Crippen LogP contribution in [-0.2, 0) is 23.1 Å². The molecule has 0 fully saturated rings. The van der Waals surface area contributed by atoms with Crippen LogP contribution in [0.2, 0.25) is 0 Å². The fraction of sp³-hybridized carbons (Fsp3) is 0.350. The SMILES string of the molecule is CCNC(=NCCS(=O)(=O)NCc1ccccc1)N(C)Cc1ccc(F)cc1.I. The Morgan fingerprint density at radius 1 is 1.07 bits per heavy atom. The Morgan fingerprint density at radius 2 is 1.72 bits per heavy atom. The van der Waals surface area contributed by atoms with Crippen molar-refractivity contribution in [3.63, 3.8) is 0 Å². The zero-order chi connectivity index (χ0) is 20.4. The highest BCUT2D eigenvalue weighted by Gasteiger charge is 2.11. The first-order valence-corrected chi connectivity index (χ1v) is 10.8. The van der Waals surface area contributed by atoms with E-state index in [2.05, 4.69) is 15.0 Å². The van der Waals surface area contributed by atoms with Crippen molar-refractivity contribution in [2.24, 2.45) is 4.99 Å². The minimum atomic E-state index is -3.42. The smallest absolute Gasteiger partial charge is 0.213 e. The van der Waals surface area contributed by atoms with E-state index >= 15 is 0 Å². The lowest BCUT2D eigenvalue weighted by Gasteiger charge is -2.22. The molecule has 9 heteroatoms. The fourth-order valence-electron chi connectivity index (χ4n) is 2.54. The minimum absolute atomic E-state index is 0. The van der Waals surface area contributed by atoms with Gasteiger partial charge in [-0.05, 0) is 30.2 Å². The first-order chi connectivity index (χ1) is 13.4. The lowest BCUT2D eigenvalue weighted by atomic mass is 10.2. The Labute approximate surface area is 189 Å². The number of guanidine groups is 1. The summed E-state index contributed by atoms with van der Waals surface area (Å²) in [6.07, 6.45) is 0. The lowest BCUT2D eigenvalue weighted by molar-refractivity contribution is 0.477. The number of halogens is 2. The summed E-state index contributed by atoms with van der Waals surface area (Å²) in [5.74, 6) is 0.226. The molecule has 0 spiro atoms. The van der Waals surface area contributed by atoms with Crippen LogP contribution in [-0.4, -0.2) is 45.2 Å². The molecule has 2 aromatic rings. The van der Waals surface area contributed by atoms with Crippen LogP contribution in [0.1, 0.15) is 18.1 Å². The van der Waals surface area contributed by atoms with E-state index in [1.165, 1.54) is 12.1 Å². The Kier molecular flexibility index (Phi) is 11.1. The van der Waals surface area contributed by atoms with Gasteiger partial charge in [0.2, 0.25) is 10.0 Å². The Balaban J connectivity index is 0.00000420. The van der Waals surface area contributed by atoms with Crippen LogP contribution in [0.5, 0.6) is 0 Å². The van der Waals surface area contributed by atoms with E-state index < -0.39 is 10.0 Å². The molecule has 0 saturated carbocycles. The summed E-state index contributed by atoms with van der Waals surface area (Å²) in [5, 5.41) is 3.14. The van der Waals surface area contributed by atoms with Crippen molar-refractivity contribution in [3.05, 3.63) is 71.5 Å². The molecule has 0 saturated heterocycles. The van der Waals surface area contributed by atoms with Gasteiger partial charge in [-0.3, -0.25) is 4.99 Å². The number of sulfonamides is 1. The first kappa shape index (κ1) is 25.3. The van der Waals surface area contributed by atoms with Crippen molar-refractivity contribution < 1.29 is 12.8 Å². The molecule has 0 radical (unpaired) electrons. The van der Waals surface area contributed by atoms with Gasteiger partial charge in [0.15, 0.2) is 5.96 Å². The molecular weight excluding hydrogens is 506 g/mol. The molecule has 0 aromatic heterocycles. The van der Waals surface area contributed by atoms with E-state index in [4.69, 9.17) is 0 Å². The van der Waals surface area contributed by atoms with Crippen LogP contribution >= 0.6 is 24.0 Å². The Morgan fingerprint density at radius 3 is 2.34 bits per heavy atom. The van der Waals surface area contributed by atoms with E-state index in [0.717, 1.165) is 11.1 Å². The predicted molar refractivity (Wildman–Crippen MR) is 126 cm³/mol. The summed E-state index contributed by atoms with van der Waals surface area (Å²) < 4.78 is 40.0. The third kappa shape index (κ3) is 9.55. The summed E-state index contributed by atoms with van der Waals surface area (Å²) in [6.45, 7) is 3.54. The Bertz CT molecular complexity index is 862. The van der Waals surface area contributed by atoms with Gasteiger partial charge in [-0.25, -0.2) is 17.5 Å². The second-order valence-corrected chi connectivity index (χ2v) is 8.27. The van der Waals surface area contributed by atoms with Crippen LogP contribution in [0, 0.1) is 5.82 Å². The van der Waals surface area contributed by atoms with Crippen molar-refractivity contribution in [3.8, 4) is 0 Å². The summed E-state index contributed by atoms with van der Waals surface area (Å²) >= 11 is 0. The molecule has 0 bridgehead atoms. The van der Waals surface area contributed by atoms with Crippen molar-refractivity contribution in [1.29, 1.82) is 0 Å². The van der Waals surface area contributed by atoms with Crippen LogP contribution in [0.3, 0.4) is 0 Å². The highest BCUT2D eigenvalue weighted by molar-refractivity contribution is 14.0. The molecule has 160 valence electrons. The van der Waals surface area contributed by atoms with Gasteiger partial charge in [-0.15, -0.1) is 24.0 Å². The second-order valence-electron chi connectivity index (χ2n) is 6.34. The predicted octanol–water partition coefficient (Wildman–Crippen LogP) is 2.96. The highest BCUT2D eigenvalue weighted by Crippen LogP contribution is 2.06. The molecule has 0 aliphatic carbocycles. The van der Waals surface area contributed by atoms with Crippen LogP contribution in [0.15, 0.2) is 59.6 Å². The van der Waals surface area contributed by atoms with E-state index in [-0.39, 0.29) is 48.6 Å². The van der Waals surface area contributed by atoms with Gasteiger partial charge in [0.1, 0.15) is 5.82 Å². The highest BCUT2D eigenvalue weighted by atomic mass is 127. The quantitative estimate of drug-likeness (QED) is 0.295. The van der Waals surface area contributed by atoms with Gasteiger partial charge < -0.3 is 10.2 Å². The van der Waals surface area contributed by atoms with Crippen LogP contribution < -0.4 is 10.0 Å². The molecule has 2 aromatic carbocycles. The maximum atomic E-state index is 13.0. The number of benzene rings is 2. The topological polar surface area (TPSA) is 73.8 Å². The molecule has 0 amide bonds. The molecular formula is C20H28FIN4O2S. The molecule has 2 N–H and O–H groups in total. The maximum absolute atomic E-state index is 13.0.